The van der Waals surface area contributed by atoms with E-state index in [1.807, 2.05) is 12.1 Å². The average Bonchev–Trinajstić information content (AvgIpc) is 2.36. The molecule has 92 valence electrons. The smallest absolute Gasteiger partial charge is 0.128 e. The Kier molecular flexibility index (Phi) is 3.36. The van der Waals surface area contributed by atoms with Crippen LogP contribution in [0.1, 0.15) is 25.0 Å². The van der Waals surface area contributed by atoms with Gasteiger partial charge in [0.25, 0.3) is 0 Å². The summed E-state index contributed by atoms with van der Waals surface area (Å²) in [5.74, 6) is 2.23. The molecule has 0 saturated carbocycles. The van der Waals surface area contributed by atoms with Gasteiger partial charge >= 0.3 is 0 Å². The first-order chi connectivity index (χ1) is 8.19. The molecule has 0 fully saturated rings. The number of fused-ring (bicyclic) bond motifs is 1. The van der Waals surface area contributed by atoms with Crippen LogP contribution < -0.4 is 9.47 Å². The zero-order valence-corrected chi connectivity index (χ0v) is 10.9. The molecule has 1 aliphatic heterocycles. The van der Waals surface area contributed by atoms with Crippen molar-refractivity contribution in [2.75, 3.05) is 20.8 Å². The highest BCUT2D eigenvalue weighted by Gasteiger charge is 2.23. The first kappa shape index (κ1) is 12.0. The Hall–Kier alpha value is -1.51. The van der Waals surface area contributed by atoms with Crippen molar-refractivity contribution in [3.05, 3.63) is 23.3 Å². The standard InChI is InChI=1S/C14H19NO2/c1-9(2)14-13-10(7-8-15-14)11(16-3)5-6-12(13)17-4/h5-6,9H,7-8H2,1-4H3. The fourth-order valence-electron chi connectivity index (χ4n) is 2.34. The molecule has 0 spiro atoms. The van der Waals surface area contributed by atoms with Crippen molar-refractivity contribution in [1.82, 2.24) is 0 Å². The van der Waals surface area contributed by atoms with Crippen LogP contribution in [-0.2, 0) is 6.42 Å². The number of hydrogen-bond donors (Lipinski definition) is 0. The summed E-state index contributed by atoms with van der Waals surface area (Å²) < 4.78 is 10.9. The monoisotopic (exact) mass is 233 g/mol. The molecule has 1 aromatic carbocycles. The van der Waals surface area contributed by atoms with Gasteiger partial charge in [0.05, 0.1) is 14.2 Å². The summed E-state index contributed by atoms with van der Waals surface area (Å²) in [7, 11) is 3.41. The molecule has 1 aromatic rings. The summed E-state index contributed by atoms with van der Waals surface area (Å²) in [5.41, 5.74) is 3.49. The second kappa shape index (κ2) is 4.78. The predicted molar refractivity (Wildman–Crippen MR) is 69.5 cm³/mol. The molecule has 1 aliphatic rings. The van der Waals surface area contributed by atoms with E-state index in [0.29, 0.717) is 5.92 Å². The Labute approximate surface area is 102 Å². The highest BCUT2D eigenvalue weighted by atomic mass is 16.5. The second-order valence-electron chi connectivity index (χ2n) is 4.50. The van der Waals surface area contributed by atoms with Crippen LogP contribution in [0, 0.1) is 5.92 Å². The minimum Gasteiger partial charge on any atom is -0.496 e. The lowest BCUT2D eigenvalue weighted by Crippen LogP contribution is -2.19. The van der Waals surface area contributed by atoms with Crippen LogP contribution in [0.5, 0.6) is 11.5 Å². The Bertz CT molecular complexity index is 450. The number of benzene rings is 1. The molecule has 0 radical (unpaired) electrons. The van der Waals surface area contributed by atoms with E-state index in [4.69, 9.17) is 9.47 Å². The van der Waals surface area contributed by atoms with Gasteiger partial charge in [0.15, 0.2) is 0 Å². The van der Waals surface area contributed by atoms with Gasteiger partial charge in [-0.2, -0.15) is 0 Å². The molecular weight excluding hydrogens is 214 g/mol. The van der Waals surface area contributed by atoms with Crippen LogP contribution in [0.2, 0.25) is 0 Å². The average molecular weight is 233 g/mol. The normalized spacial score (nSPS) is 14.3. The Balaban J connectivity index is 2.63. The topological polar surface area (TPSA) is 30.8 Å². The highest BCUT2D eigenvalue weighted by Crippen LogP contribution is 2.35. The Morgan fingerprint density at radius 1 is 1.12 bits per heavy atom. The maximum atomic E-state index is 5.46. The van der Waals surface area contributed by atoms with E-state index in [9.17, 15) is 0 Å². The maximum absolute atomic E-state index is 5.46. The number of nitrogens with zero attached hydrogens (tertiary/aromatic N) is 1. The lowest BCUT2D eigenvalue weighted by atomic mass is 9.90. The molecule has 0 atom stereocenters. The molecule has 0 amide bonds. The molecule has 0 unspecified atom stereocenters. The Morgan fingerprint density at radius 3 is 2.35 bits per heavy atom. The fraction of sp³-hybridized carbons (Fsp3) is 0.500. The number of methoxy groups -OCH3 is 2. The minimum absolute atomic E-state index is 0.398. The van der Waals surface area contributed by atoms with Crippen LogP contribution in [-0.4, -0.2) is 26.5 Å². The van der Waals surface area contributed by atoms with Gasteiger partial charge in [-0.15, -0.1) is 0 Å². The third kappa shape index (κ3) is 2.02. The van der Waals surface area contributed by atoms with Crippen molar-refractivity contribution >= 4 is 5.71 Å². The van der Waals surface area contributed by atoms with E-state index >= 15 is 0 Å². The maximum Gasteiger partial charge on any atom is 0.128 e. The van der Waals surface area contributed by atoms with Crippen LogP contribution >= 0.6 is 0 Å². The van der Waals surface area contributed by atoms with E-state index in [0.717, 1.165) is 35.7 Å². The van der Waals surface area contributed by atoms with Gasteiger partial charge in [-0.1, -0.05) is 13.8 Å². The van der Waals surface area contributed by atoms with E-state index < -0.39 is 0 Å². The van der Waals surface area contributed by atoms with Crippen LogP contribution in [0.15, 0.2) is 17.1 Å². The molecule has 0 bridgehead atoms. The molecule has 3 heteroatoms. The molecule has 3 nitrogen and oxygen atoms in total. The Morgan fingerprint density at radius 2 is 1.76 bits per heavy atom. The van der Waals surface area contributed by atoms with Gasteiger partial charge in [0, 0.05) is 23.4 Å². The minimum atomic E-state index is 0.398. The van der Waals surface area contributed by atoms with Crippen molar-refractivity contribution in [3.63, 3.8) is 0 Å². The van der Waals surface area contributed by atoms with Crippen LogP contribution in [0.25, 0.3) is 0 Å². The first-order valence-corrected chi connectivity index (χ1v) is 5.97. The van der Waals surface area contributed by atoms with Gasteiger partial charge in [-0.05, 0) is 24.5 Å². The molecule has 0 saturated heterocycles. The summed E-state index contributed by atoms with van der Waals surface area (Å²) in [4.78, 5) is 4.64. The summed E-state index contributed by atoms with van der Waals surface area (Å²) >= 11 is 0. The van der Waals surface area contributed by atoms with Gasteiger partial charge in [-0.3, -0.25) is 4.99 Å². The van der Waals surface area contributed by atoms with E-state index in [1.165, 1.54) is 5.56 Å². The molecule has 2 rings (SSSR count). The van der Waals surface area contributed by atoms with Gasteiger partial charge in [0.2, 0.25) is 0 Å². The number of ether oxygens (including phenoxy) is 2. The zero-order valence-electron chi connectivity index (χ0n) is 10.9. The number of aliphatic imine (C=N–C) groups is 1. The molecule has 0 aromatic heterocycles. The molecule has 17 heavy (non-hydrogen) atoms. The number of rotatable bonds is 3. The first-order valence-electron chi connectivity index (χ1n) is 5.97. The third-order valence-electron chi connectivity index (χ3n) is 3.12. The zero-order chi connectivity index (χ0) is 12.4. The SMILES string of the molecule is COc1ccc(OC)c2c1CCN=C2C(C)C. The number of hydrogen-bond acceptors (Lipinski definition) is 3. The van der Waals surface area contributed by atoms with Crippen LogP contribution in [0.3, 0.4) is 0 Å². The highest BCUT2D eigenvalue weighted by molar-refractivity contribution is 6.06. The lowest BCUT2D eigenvalue weighted by Gasteiger charge is -2.23. The molecule has 0 N–H and O–H groups in total. The van der Waals surface area contributed by atoms with E-state index in [1.54, 1.807) is 14.2 Å². The largest absolute Gasteiger partial charge is 0.496 e. The summed E-state index contributed by atoms with van der Waals surface area (Å²) in [5, 5.41) is 0. The summed E-state index contributed by atoms with van der Waals surface area (Å²) in [6.45, 7) is 5.16. The van der Waals surface area contributed by atoms with Crippen molar-refractivity contribution < 1.29 is 9.47 Å². The van der Waals surface area contributed by atoms with Crippen molar-refractivity contribution in [1.29, 1.82) is 0 Å². The van der Waals surface area contributed by atoms with E-state index in [2.05, 4.69) is 18.8 Å². The van der Waals surface area contributed by atoms with Gasteiger partial charge in [-0.25, -0.2) is 0 Å². The van der Waals surface area contributed by atoms with Crippen molar-refractivity contribution in [2.24, 2.45) is 10.9 Å². The molecule has 0 aliphatic carbocycles. The fourth-order valence-corrected chi connectivity index (χ4v) is 2.34. The van der Waals surface area contributed by atoms with Crippen molar-refractivity contribution in [3.8, 4) is 11.5 Å². The van der Waals surface area contributed by atoms with Gasteiger partial charge < -0.3 is 9.47 Å². The van der Waals surface area contributed by atoms with Crippen molar-refractivity contribution in [2.45, 2.75) is 20.3 Å². The van der Waals surface area contributed by atoms with Gasteiger partial charge in [0.1, 0.15) is 11.5 Å². The molecule has 1 heterocycles. The predicted octanol–water partition coefficient (Wildman–Crippen LogP) is 2.71. The summed E-state index contributed by atoms with van der Waals surface area (Å²) in [6, 6.07) is 3.93. The van der Waals surface area contributed by atoms with E-state index in [-0.39, 0.29) is 0 Å². The van der Waals surface area contributed by atoms with Crippen LogP contribution in [0.4, 0.5) is 0 Å². The second-order valence-corrected chi connectivity index (χ2v) is 4.50. The quantitative estimate of drug-likeness (QED) is 0.803. The molecular formula is C14H19NO2. The third-order valence-corrected chi connectivity index (χ3v) is 3.12. The summed E-state index contributed by atoms with van der Waals surface area (Å²) in [6.07, 6.45) is 0.923. The lowest BCUT2D eigenvalue weighted by molar-refractivity contribution is 0.397.